The van der Waals surface area contributed by atoms with Crippen molar-refractivity contribution >= 4 is 39.7 Å². The van der Waals surface area contributed by atoms with Crippen molar-refractivity contribution in [3.8, 4) is 85.4 Å². The molecule has 0 fully saturated rings. The Balaban J connectivity index is 0.863. The molecule has 85 heavy (non-hydrogen) atoms. The Morgan fingerprint density at radius 1 is 0.388 bits per heavy atom. The summed E-state index contributed by atoms with van der Waals surface area (Å²) in [7, 11) is 0. The number of benzene rings is 8. The van der Waals surface area contributed by atoms with Gasteiger partial charge in [-0.25, -0.2) is 10.1 Å². The Kier molecular flexibility index (Phi) is 18.7. The van der Waals surface area contributed by atoms with E-state index in [2.05, 4.69) is 158 Å². The van der Waals surface area contributed by atoms with Crippen molar-refractivity contribution in [2.75, 3.05) is 36.2 Å². The average Bonchev–Trinajstić information content (AvgIpc) is 2.08. The molecule has 10 nitrogen and oxygen atoms in total. The monoisotopic (exact) mass is 1130 g/mol. The number of ether oxygens (including phenoxy) is 6. The SMILES string of the molecule is [C-]#[N+]/C(C#N)=C1\c2cc(-c3ccc(N4c5ccc(OCCCCC)cc5Oc5cc(OCCCCCC)ccc54)cc3)ccc2-c2ccc(-c3ccc(N4c5ccc(OCCCCCC)cc5Oc5cc(OCCCCCC)ccc54)cc3)cc21. The first kappa shape index (κ1) is 57.7. The fourth-order valence-electron chi connectivity index (χ4n) is 11.6. The van der Waals surface area contributed by atoms with E-state index in [9.17, 15) is 5.26 Å². The minimum Gasteiger partial charge on any atom is -0.493 e. The molecule has 0 radical (unpaired) electrons. The van der Waals surface area contributed by atoms with E-state index in [-0.39, 0.29) is 5.70 Å². The van der Waals surface area contributed by atoms with Crippen molar-refractivity contribution in [3.63, 3.8) is 0 Å². The van der Waals surface area contributed by atoms with Crippen LogP contribution in [0.5, 0.6) is 46.0 Å². The molecule has 0 atom stereocenters. The third kappa shape index (κ3) is 12.9. The first-order chi connectivity index (χ1) is 41.9. The number of nitriles is 1. The molecular weight excluding hydrogens is 1050 g/mol. The minimum absolute atomic E-state index is 0.0592. The van der Waals surface area contributed by atoms with Gasteiger partial charge in [0.25, 0.3) is 5.70 Å². The predicted molar refractivity (Wildman–Crippen MR) is 344 cm³/mol. The number of rotatable bonds is 27. The quantitative estimate of drug-likeness (QED) is 0.0284. The molecule has 432 valence electrons. The lowest BCUT2D eigenvalue weighted by Crippen LogP contribution is -2.16. The van der Waals surface area contributed by atoms with E-state index in [1.807, 2.05) is 48.5 Å². The fraction of sp³-hybridized carbons (Fsp3) is 0.307. The second kappa shape index (κ2) is 27.5. The van der Waals surface area contributed by atoms with Gasteiger partial charge in [0.1, 0.15) is 23.0 Å². The molecular formula is C75H76N4O6. The maximum atomic E-state index is 10.5. The van der Waals surface area contributed by atoms with Gasteiger partial charge in [0.15, 0.2) is 23.0 Å². The average molecular weight is 1130 g/mol. The molecule has 8 aromatic rings. The van der Waals surface area contributed by atoms with Gasteiger partial charge in [0.2, 0.25) is 0 Å². The smallest absolute Gasteiger partial charge is 0.270 e. The molecule has 0 amide bonds. The zero-order chi connectivity index (χ0) is 58.5. The lowest BCUT2D eigenvalue weighted by Gasteiger charge is -2.33. The van der Waals surface area contributed by atoms with Gasteiger partial charge in [-0.15, -0.1) is 0 Å². The van der Waals surface area contributed by atoms with Gasteiger partial charge in [-0.3, -0.25) is 0 Å². The molecule has 11 rings (SSSR count). The maximum absolute atomic E-state index is 10.5. The number of nitrogens with zero attached hydrogens (tertiary/aromatic N) is 4. The van der Waals surface area contributed by atoms with Crippen LogP contribution in [0, 0.1) is 17.9 Å². The van der Waals surface area contributed by atoms with Crippen LogP contribution < -0.4 is 38.2 Å². The summed E-state index contributed by atoms with van der Waals surface area (Å²) >= 11 is 0. The third-order valence-electron chi connectivity index (χ3n) is 16.2. The van der Waals surface area contributed by atoms with Gasteiger partial charge < -0.3 is 38.2 Å². The topological polar surface area (TPSA) is 90.0 Å². The minimum atomic E-state index is 0.0592. The molecule has 0 unspecified atom stereocenters. The largest absolute Gasteiger partial charge is 0.493 e. The summed E-state index contributed by atoms with van der Waals surface area (Å²) in [6.07, 6.45) is 16.8. The van der Waals surface area contributed by atoms with Crippen molar-refractivity contribution in [3.05, 3.63) is 186 Å². The summed E-state index contributed by atoms with van der Waals surface area (Å²) in [5, 5.41) is 10.5. The number of hydrogen-bond donors (Lipinski definition) is 0. The molecule has 2 aliphatic heterocycles. The summed E-state index contributed by atoms with van der Waals surface area (Å²) in [5.74, 6) is 5.96. The Hall–Kier alpha value is -9.12. The summed E-state index contributed by atoms with van der Waals surface area (Å²) < 4.78 is 38.2. The van der Waals surface area contributed by atoms with Gasteiger partial charge in [-0.05, 0) is 155 Å². The second-order valence-electron chi connectivity index (χ2n) is 22.2. The van der Waals surface area contributed by atoms with E-state index in [4.69, 9.17) is 35.0 Å². The number of unbranched alkanes of at least 4 members (excludes halogenated alkanes) is 11. The van der Waals surface area contributed by atoms with Crippen molar-refractivity contribution in [1.82, 2.24) is 0 Å². The lowest BCUT2D eigenvalue weighted by molar-refractivity contribution is 0.302. The Labute approximate surface area is 502 Å². The Bertz CT molecular complexity index is 3680. The summed E-state index contributed by atoms with van der Waals surface area (Å²) in [6.45, 7) is 19.7. The summed E-state index contributed by atoms with van der Waals surface area (Å²) in [4.78, 5) is 8.28. The first-order valence-electron chi connectivity index (χ1n) is 30.9. The highest BCUT2D eigenvalue weighted by molar-refractivity contribution is 6.05. The second-order valence-corrected chi connectivity index (χ2v) is 22.2. The van der Waals surface area contributed by atoms with Crippen molar-refractivity contribution < 1.29 is 28.4 Å². The molecule has 0 saturated heterocycles. The zero-order valence-corrected chi connectivity index (χ0v) is 49.7. The predicted octanol–water partition coefficient (Wildman–Crippen LogP) is 21.8. The molecule has 10 heteroatoms. The summed E-state index contributed by atoms with van der Waals surface area (Å²) in [6, 6.07) is 56.5. The van der Waals surface area contributed by atoms with E-state index in [1.54, 1.807) is 0 Å². The Morgan fingerprint density at radius 2 is 0.706 bits per heavy atom. The molecule has 0 N–H and O–H groups in total. The van der Waals surface area contributed by atoms with Gasteiger partial charge >= 0.3 is 0 Å². The molecule has 8 aromatic carbocycles. The van der Waals surface area contributed by atoms with Gasteiger partial charge in [0.05, 0.1) is 61.8 Å². The van der Waals surface area contributed by atoms with E-state index in [1.165, 1.54) is 38.5 Å². The van der Waals surface area contributed by atoms with Crippen LogP contribution in [0.1, 0.15) is 135 Å². The molecule has 0 spiro atoms. The van der Waals surface area contributed by atoms with Crippen LogP contribution >= 0.6 is 0 Å². The van der Waals surface area contributed by atoms with Gasteiger partial charge in [0, 0.05) is 41.2 Å². The van der Waals surface area contributed by atoms with Crippen molar-refractivity contribution in [2.45, 2.75) is 124 Å². The molecule has 0 aromatic heterocycles. The van der Waals surface area contributed by atoms with Gasteiger partial charge in [-0.2, -0.15) is 0 Å². The third-order valence-corrected chi connectivity index (χ3v) is 16.2. The highest BCUT2D eigenvalue weighted by Gasteiger charge is 2.31. The van der Waals surface area contributed by atoms with Crippen LogP contribution in [-0.2, 0) is 0 Å². The summed E-state index contributed by atoms with van der Waals surface area (Å²) in [5.41, 5.74) is 14.0. The van der Waals surface area contributed by atoms with Crippen LogP contribution in [0.3, 0.4) is 0 Å². The Morgan fingerprint density at radius 3 is 1.02 bits per heavy atom. The highest BCUT2D eigenvalue weighted by atomic mass is 16.5. The van der Waals surface area contributed by atoms with Crippen molar-refractivity contribution in [1.29, 1.82) is 5.26 Å². The molecule has 1 aliphatic carbocycles. The number of anilines is 6. The number of fused-ring (bicyclic) bond motifs is 7. The normalized spacial score (nSPS) is 12.9. The van der Waals surface area contributed by atoms with E-state index < -0.39 is 0 Å². The fourth-order valence-corrected chi connectivity index (χ4v) is 11.6. The van der Waals surface area contributed by atoms with Crippen LogP contribution in [0.2, 0.25) is 0 Å². The van der Waals surface area contributed by atoms with Crippen molar-refractivity contribution in [2.24, 2.45) is 0 Å². The first-order valence-corrected chi connectivity index (χ1v) is 30.9. The number of hydrogen-bond acceptors (Lipinski definition) is 9. The standard InChI is InChI=1S/C75H76N4O6/c1-6-10-14-18-42-81-59-32-38-68-72(48-59)84-71-47-58(80-41-17-13-9-4)31-37-67(71)78(68)56-27-21-52(22-28-56)54-25-35-62-63-36-26-55(46-65(63)75(64(62)45-54)66(51-76)77-5)53-23-29-57(30-24-53)79-69-39-33-60(82-43-19-15-11-7-2)49-73(69)85-74-50-61(34-40-70(74)79)83-44-20-16-12-8-3/h21-40,45-50H,6-20,41-44H2,1-4H3/b75-66+. The van der Waals surface area contributed by atoms with Crippen LogP contribution in [0.15, 0.2) is 163 Å². The van der Waals surface area contributed by atoms with E-state index >= 15 is 0 Å². The molecule has 2 heterocycles. The maximum Gasteiger partial charge on any atom is 0.270 e. The van der Waals surface area contributed by atoms with Crippen LogP contribution in [0.4, 0.5) is 34.1 Å². The van der Waals surface area contributed by atoms with Crippen LogP contribution in [-0.4, -0.2) is 26.4 Å². The lowest BCUT2D eigenvalue weighted by atomic mass is 9.96. The van der Waals surface area contributed by atoms with E-state index in [0.717, 1.165) is 159 Å². The van der Waals surface area contributed by atoms with E-state index in [0.29, 0.717) is 55.0 Å². The zero-order valence-electron chi connectivity index (χ0n) is 49.7. The van der Waals surface area contributed by atoms with Crippen LogP contribution in [0.25, 0.3) is 43.8 Å². The molecule has 0 bridgehead atoms. The van der Waals surface area contributed by atoms with Gasteiger partial charge in [-0.1, -0.05) is 147 Å². The highest BCUT2D eigenvalue weighted by Crippen LogP contribution is 2.55. The molecule has 3 aliphatic rings. The molecule has 0 saturated carbocycles. The number of allylic oxidation sites excluding steroid dienone is 1.